The van der Waals surface area contributed by atoms with E-state index < -0.39 is 5.97 Å². The summed E-state index contributed by atoms with van der Waals surface area (Å²) >= 11 is 0. The molecule has 3 atom stereocenters. The van der Waals surface area contributed by atoms with E-state index in [1.54, 1.807) is 12.1 Å². The number of carboxylic acid groups (broad SMARTS) is 1. The number of hydrogen-bond acceptors (Lipinski definition) is 3. The fourth-order valence-corrected chi connectivity index (χ4v) is 7.11. The minimum atomic E-state index is -0.637. The van der Waals surface area contributed by atoms with Crippen molar-refractivity contribution >= 4 is 5.97 Å². The summed E-state index contributed by atoms with van der Waals surface area (Å²) in [6, 6.07) is 15.5. The SMILES string of the molecule is Cc1cccc(C2CN(C(CC3CCC3)C(=O)O)CC2CN2CCC(CCCc3ccc(F)cc3)CC2)c1. The van der Waals surface area contributed by atoms with E-state index in [-0.39, 0.29) is 11.9 Å². The van der Waals surface area contributed by atoms with Crippen LogP contribution in [0.3, 0.4) is 0 Å². The summed E-state index contributed by atoms with van der Waals surface area (Å²) in [6.45, 7) is 7.25. The van der Waals surface area contributed by atoms with Crippen molar-refractivity contribution < 1.29 is 14.3 Å². The van der Waals surface area contributed by atoms with Gasteiger partial charge in [-0.3, -0.25) is 9.69 Å². The highest BCUT2D eigenvalue weighted by Gasteiger charge is 2.41. The number of aryl methyl sites for hydroxylation is 2. The minimum Gasteiger partial charge on any atom is -0.480 e. The lowest BCUT2D eigenvalue weighted by atomic mass is 9.80. The van der Waals surface area contributed by atoms with Crippen LogP contribution in [0, 0.1) is 30.5 Å². The van der Waals surface area contributed by atoms with Crippen molar-refractivity contribution in [3.63, 3.8) is 0 Å². The molecule has 5 rings (SSSR count). The Morgan fingerprint density at radius 1 is 1.03 bits per heavy atom. The third-order valence-electron chi connectivity index (χ3n) is 9.64. The zero-order valence-electron chi connectivity index (χ0n) is 23.0. The molecule has 2 aliphatic heterocycles. The molecule has 0 aromatic heterocycles. The Morgan fingerprint density at radius 2 is 1.79 bits per heavy atom. The normalized spacial score (nSPS) is 24.4. The van der Waals surface area contributed by atoms with E-state index in [2.05, 4.69) is 41.0 Å². The van der Waals surface area contributed by atoms with Gasteiger partial charge in [-0.25, -0.2) is 4.39 Å². The van der Waals surface area contributed by atoms with E-state index in [9.17, 15) is 14.3 Å². The third kappa shape index (κ3) is 7.04. The second-order valence-electron chi connectivity index (χ2n) is 12.4. The van der Waals surface area contributed by atoms with Crippen molar-refractivity contribution in [2.75, 3.05) is 32.7 Å². The molecular formula is C33H45FN2O2. The van der Waals surface area contributed by atoms with Gasteiger partial charge in [0.2, 0.25) is 0 Å². The van der Waals surface area contributed by atoms with Crippen molar-refractivity contribution in [2.45, 2.75) is 76.7 Å². The summed E-state index contributed by atoms with van der Waals surface area (Å²) in [5.41, 5.74) is 3.89. The lowest BCUT2D eigenvalue weighted by molar-refractivity contribution is -0.144. The Labute approximate surface area is 228 Å². The first-order valence-corrected chi connectivity index (χ1v) is 14.9. The van der Waals surface area contributed by atoms with E-state index in [0.29, 0.717) is 17.8 Å². The monoisotopic (exact) mass is 520 g/mol. The molecule has 2 aromatic rings. The Balaban J connectivity index is 1.16. The third-order valence-corrected chi connectivity index (χ3v) is 9.64. The van der Waals surface area contributed by atoms with Crippen LogP contribution < -0.4 is 0 Å². The lowest BCUT2D eigenvalue weighted by Crippen LogP contribution is -2.43. The summed E-state index contributed by atoms with van der Waals surface area (Å²) in [6.07, 6.45) is 10.4. The van der Waals surface area contributed by atoms with E-state index in [1.807, 2.05) is 12.1 Å². The summed E-state index contributed by atoms with van der Waals surface area (Å²) < 4.78 is 13.2. The standard InChI is InChI=1S/C33H45FN2O2/c1-24-5-2-10-28(19-24)31-23-36(32(33(37)38)20-27-8-4-9-27)22-29(31)21-35-17-15-26(16-18-35)7-3-6-25-11-13-30(34)14-12-25/h2,5,10-14,19,26-27,29,31-32H,3-4,6-9,15-18,20-23H2,1H3,(H,37,38). The van der Waals surface area contributed by atoms with Gasteiger partial charge in [-0.1, -0.05) is 67.6 Å². The molecule has 3 fully saturated rings. The smallest absolute Gasteiger partial charge is 0.320 e. The molecular weight excluding hydrogens is 475 g/mol. The van der Waals surface area contributed by atoms with Crippen LogP contribution in [-0.4, -0.2) is 59.6 Å². The predicted molar refractivity (Wildman–Crippen MR) is 151 cm³/mol. The number of halogens is 1. The first-order chi connectivity index (χ1) is 18.4. The molecule has 206 valence electrons. The molecule has 0 bridgehead atoms. The lowest BCUT2D eigenvalue weighted by Gasteiger charge is -2.35. The molecule has 2 aromatic carbocycles. The maximum absolute atomic E-state index is 13.2. The highest BCUT2D eigenvalue weighted by atomic mass is 19.1. The van der Waals surface area contributed by atoms with Gasteiger partial charge in [0, 0.05) is 25.6 Å². The van der Waals surface area contributed by atoms with Crippen molar-refractivity contribution in [1.29, 1.82) is 0 Å². The average molecular weight is 521 g/mol. The largest absolute Gasteiger partial charge is 0.480 e. The first-order valence-electron chi connectivity index (χ1n) is 14.9. The van der Waals surface area contributed by atoms with E-state index in [0.717, 1.165) is 51.5 Å². The second kappa shape index (κ2) is 12.7. The molecule has 4 nitrogen and oxygen atoms in total. The highest BCUT2D eigenvalue weighted by Crippen LogP contribution is 2.38. The van der Waals surface area contributed by atoms with Gasteiger partial charge in [-0.15, -0.1) is 0 Å². The van der Waals surface area contributed by atoms with Gasteiger partial charge in [-0.05, 0) is 93.1 Å². The molecule has 0 amide bonds. The quantitative estimate of drug-likeness (QED) is 0.366. The van der Waals surface area contributed by atoms with Crippen LogP contribution in [0.1, 0.15) is 74.0 Å². The Hall–Kier alpha value is -2.24. The van der Waals surface area contributed by atoms with Crippen LogP contribution >= 0.6 is 0 Å². The molecule has 1 saturated carbocycles. The first kappa shape index (κ1) is 27.3. The summed E-state index contributed by atoms with van der Waals surface area (Å²) in [7, 11) is 0. The van der Waals surface area contributed by atoms with Crippen molar-refractivity contribution in [1.82, 2.24) is 9.80 Å². The molecule has 3 unspecified atom stereocenters. The number of carboxylic acids is 1. The molecule has 0 spiro atoms. The minimum absolute atomic E-state index is 0.159. The van der Waals surface area contributed by atoms with Crippen LogP contribution in [-0.2, 0) is 11.2 Å². The van der Waals surface area contributed by atoms with Gasteiger partial charge in [0.25, 0.3) is 0 Å². The zero-order valence-corrected chi connectivity index (χ0v) is 23.0. The number of hydrogen-bond donors (Lipinski definition) is 1. The summed E-state index contributed by atoms with van der Waals surface area (Å²) in [4.78, 5) is 17.3. The number of carbonyl (C=O) groups is 1. The van der Waals surface area contributed by atoms with Gasteiger partial charge >= 0.3 is 5.97 Å². The Morgan fingerprint density at radius 3 is 2.45 bits per heavy atom. The maximum Gasteiger partial charge on any atom is 0.320 e. The fraction of sp³-hybridized carbons (Fsp3) is 0.606. The Bertz CT molecular complexity index is 1050. The molecule has 3 aliphatic rings. The molecule has 5 heteroatoms. The number of piperidine rings is 1. The maximum atomic E-state index is 13.2. The fourth-order valence-electron chi connectivity index (χ4n) is 7.11. The number of aliphatic carboxylic acids is 1. The van der Waals surface area contributed by atoms with Gasteiger partial charge in [0.1, 0.15) is 11.9 Å². The number of benzene rings is 2. The van der Waals surface area contributed by atoms with Crippen molar-refractivity contribution in [3.05, 3.63) is 71.0 Å². The Kier molecular flexibility index (Phi) is 9.16. The van der Waals surface area contributed by atoms with Gasteiger partial charge in [-0.2, -0.15) is 0 Å². The van der Waals surface area contributed by atoms with Crippen LogP contribution in [0.15, 0.2) is 48.5 Å². The van der Waals surface area contributed by atoms with E-state index in [4.69, 9.17) is 0 Å². The van der Waals surface area contributed by atoms with E-state index >= 15 is 0 Å². The number of rotatable bonds is 11. The van der Waals surface area contributed by atoms with Crippen LogP contribution in [0.25, 0.3) is 0 Å². The molecule has 2 saturated heterocycles. The molecule has 1 aliphatic carbocycles. The number of likely N-dealkylation sites (tertiary alicyclic amines) is 2. The summed E-state index contributed by atoms with van der Waals surface area (Å²) in [5, 5.41) is 10.1. The molecule has 0 radical (unpaired) electrons. The van der Waals surface area contributed by atoms with Gasteiger partial charge < -0.3 is 10.0 Å². The van der Waals surface area contributed by atoms with Crippen LogP contribution in [0.2, 0.25) is 0 Å². The van der Waals surface area contributed by atoms with Gasteiger partial charge in [0.05, 0.1) is 0 Å². The van der Waals surface area contributed by atoms with E-state index in [1.165, 1.54) is 61.6 Å². The molecule has 1 N–H and O–H groups in total. The summed E-state index contributed by atoms with van der Waals surface area (Å²) in [5.74, 6) is 1.43. The molecule has 38 heavy (non-hydrogen) atoms. The topological polar surface area (TPSA) is 43.8 Å². The predicted octanol–water partition coefficient (Wildman–Crippen LogP) is 6.53. The average Bonchev–Trinajstić information content (AvgIpc) is 3.28. The zero-order chi connectivity index (χ0) is 26.5. The van der Waals surface area contributed by atoms with Crippen LogP contribution in [0.5, 0.6) is 0 Å². The molecule has 2 heterocycles. The van der Waals surface area contributed by atoms with Crippen LogP contribution in [0.4, 0.5) is 4.39 Å². The van der Waals surface area contributed by atoms with Gasteiger partial charge in [0.15, 0.2) is 0 Å². The van der Waals surface area contributed by atoms with Crippen molar-refractivity contribution in [2.24, 2.45) is 17.8 Å². The highest BCUT2D eigenvalue weighted by molar-refractivity contribution is 5.73. The van der Waals surface area contributed by atoms with Crippen molar-refractivity contribution in [3.8, 4) is 0 Å². The second-order valence-corrected chi connectivity index (χ2v) is 12.4. The number of nitrogens with zero attached hydrogens (tertiary/aromatic N) is 2.